The zero-order valence-electron chi connectivity index (χ0n) is 9.82. The predicted octanol–water partition coefficient (Wildman–Crippen LogP) is -0.333. The van der Waals surface area contributed by atoms with Gasteiger partial charge in [0.05, 0.1) is 12.5 Å². The number of carboxylic acid groups (broad SMARTS) is 1. The van der Waals surface area contributed by atoms with Crippen LogP contribution in [0.15, 0.2) is 24.4 Å². The van der Waals surface area contributed by atoms with E-state index in [-0.39, 0.29) is 12.5 Å². The van der Waals surface area contributed by atoms with E-state index in [1.165, 1.54) is 0 Å². The zero-order valence-corrected chi connectivity index (χ0v) is 9.82. The molecule has 2 rings (SSSR count). The average Bonchev–Trinajstić information content (AvgIpc) is 2.73. The van der Waals surface area contributed by atoms with Crippen LogP contribution in [-0.2, 0) is 9.59 Å². The summed E-state index contributed by atoms with van der Waals surface area (Å²) >= 11 is 0. The van der Waals surface area contributed by atoms with E-state index in [4.69, 9.17) is 5.73 Å². The first-order valence-corrected chi connectivity index (χ1v) is 5.72. The van der Waals surface area contributed by atoms with Crippen molar-refractivity contribution in [2.75, 3.05) is 19.6 Å². The highest BCUT2D eigenvalue weighted by Gasteiger charge is 2.39. The van der Waals surface area contributed by atoms with E-state index in [0.717, 1.165) is 5.69 Å². The second-order valence-corrected chi connectivity index (χ2v) is 4.47. The van der Waals surface area contributed by atoms with Gasteiger partial charge < -0.3 is 10.8 Å². The SMILES string of the molecule is NC(=O)CN1C[C@@H](C(=O)O)[C@H](c2ccccn2)C1. The van der Waals surface area contributed by atoms with E-state index in [1.807, 2.05) is 12.1 Å². The van der Waals surface area contributed by atoms with Gasteiger partial charge in [0.2, 0.25) is 5.91 Å². The number of hydrogen-bond donors (Lipinski definition) is 2. The second kappa shape index (κ2) is 5.14. The van der Waals surface area contributed by atoms with Gasteiger partial charge in [-0.1, -0.05) is 6.07 Å². The molecule has 2 atom stereocenters. The van der Waals surface area contributed by atoms with Crippen LogP contribution in [0.3, 0.4) is 0 Å². The Hall–Kier alpha value is -1.95. The molecule has 1 amide bonds. The van der Waals surface area contributed by atoms with Crippen LogP contribution in [0.1, 0.15) is 11.6 Å². The van der Waals surface area contributed by atoms with E-state index in [1.54, 1.807) is 17.2 Å². The third kappa shape index (κ3) is 2.65. The summed E-state index contributed by atoms with van der Waals surface area (Å²) < 4.78 is 0. The number of nitrogens with zero attached hydrogens (tertiary/aromatic N) is 2. The summed E-state index contributed by atoms with van der Waals surface area (Å²) in [7, 11) is 0. The molecule has 6 nitrogen and oxygen atoms in total. The van der Waals surface area contributed by atoms with Crippen molar-refractivity contribution in [2.45, 2.75) is 5.92 Å². The van der Waals surface area contributed by atoms with Gasteiger partial charge in [-0.2, -0.15) is 0 Å². The Morgan fingerprint density at radius 3 is 2.78 bits per heavy atom. The maximum absolute atomic E-state index is 11.2. The number of aliphatic carboxylic acids is 1. The molecule has 6 heteroatoms. The molecule has 0 spiro atoms. The van der Waals surface area contributed by atoms with Crippen molar-refractivity contribution >= 4 is 11.9 Å². The van der Waals surface area contributed by atoms with E-state index in [9.17, 15) is 14.7 Å². The topological polar surface area (TPSA) is 96.5 Å². The van der Waals surface area contributed by atoms with Gasteiger partial charge in [0.15, 0.2) is 0 Å². The summed E-state index contributed by atoms with van der Waals surface area (Å²) in [5, 5.41) is 9.23. The minimum atomic E-state index is -0.863. The fourth-order valence-corrected chi connectivity index (χ4v) is 2.38. The molecule has 1 aromatic heterocycles. The molecule has 0 bridgehead atoms. The lowest BCUT2D eigenvalue weighted by molar-refractivity contribution is -0.141. The molecule has 3 N–H and O–H groups in total. The van der Waals surface area contributed by atoms with Crippen molar-refractivity contribution in [3.8, 4) is 0 Å². The number of nitrogens with two attached hydrogens (primary N) is 1. The molecule has 18 heavy (non-hydrogen) atoms. The summed E-state index contributed by atoms with van der Waals surface area (Å²) in [6, 6.07) is 5.43. The minimum Gasteiger partial charge on any atom is -0.481 e. The van der Waals surface area contributed by atoms with Crippen molar-refractivity contribution < 1.29 is 14.7 Å². The standard InChI is InChI=1S/C12H15N3O3/c13-11(16)7-15-5-8(9(6-15)12(17)18)10-3-1-2-4-14-10/h1-4,8-9H,5-7H2,(H2,13,16)(H,17,18)/t8-,9-/m1/s1. The molecule has 0 radical (unpaired) electrons. The highest BCUT2D eigenvalue weighted by atomic mass is 16.4. The Balaban J connectivity index is 2.17. The molecule has 0 saturated carbocycles. The van der Waals surface area contributed by atoms with Gasteiger partial charge >= 0.3 is 5.97 Å². The highest BCUT2D eigenvalue weighted by molar-refractivity contribution is 5.76. The van der Waals surface area contributed by atoms with Crippen LogP contribution in [0.25, 0.3) is 0 Å². The number of aromatic nitrogens is 1. The summed E-state index contributed by atoms with van der Waals surface area (Å²) in [5.74, 6) is -2.04. The summed E-state index contributed by atoms with van der Waals surface area (Å²) in [5.41, 5.74) is 5.88. The Morgan fingerprint density at radius 2 is 2.22 bits per heavy atom. The highest BCUT2D eigenvalue weighted by Crippen LogP contribution is 2.31. The fourth-order valence-electron chi connectivity index (χ4n) is 2.38. The summed E-state index contributed by atoms with van der Waals surface area (Å²) in [6.07, 6.45) is 1.64. The Kier molecular flexibility index (Phi) is 3.57. The van der Waals surface area contributed by atoms with E-state index in [0.29, 0.717) is 13.1 Å². The molecule has 1 aliphatic heterocycles. The Bertz CT molecular complexity index is 449. The smallest absolute Gasteiger partial charge is 0.308 e. The van der Waals surface area contributed by atoms with Crippen molar-refractivity contribution in [1.82, 2.24) is 9.88 Å². The van der Waals surface area contributed by atoms with E-state index >= 15 is 0 Å². The quantitative estimate of drug-likeness (QED) is 0.761. The Labute approximate surface area is 104 Å². The van der Waals surface area contributed by atoms with Crippen molar-refractivity contribution in [1.29, 1.82) is 0 Å². The largest absolute Gasteiger partial charge is 0.481 e. The van der Waals surface area contributed by atoms with Crippen molar-refractivity contribution in [3.05, 3.63) is 30.1 Å². The molecule has 0 aliphatic carbocycles. The first kappa shape index (κ1) is 12.5. The maximum Gasteiger partial charge on any atom is 0.308 e. The molecule has 1 saturated heterocycles. The van der Waals surface area contributed by atoms with Crippen LogP contribution in [-0.4, -0.2) is 46.5 Å². The molecular weight excluding hydrogens is 234 g/mol. The van der Waals surface area contributed by atoms with Gasteiger partial charge in [0.25, 0.3) is 0 Å². The van der Waals surface area contributed by atoms with Crippen LogP contribution < -0.4 is 5.73 Å². The van der Waals surface area contributed by atoms with Crippen LogP contribution >= 0.6 is 0 Å². The summed E-state index contributed by atoms with van der Waals surface area (Å²) in [6.45, 7) is 0.920. The van der Waals surface area contributed by atoms with Gasteiger partial charge in [-0.25, -0.2) is 0 Å². The first-order valence-electron chi connectivity index (χ1n) is 5.72. The number of likely N-dealkylation sites (tertiary alicyclic amines) is 1. The lowest BCUT2D eigenvalue weighted by atomic mass is 9.93. The van der Waals surface area contributed by atoms with Gasteiger partial charge in [-0.05, 0) is 12.1 Å². The third-order valence-electron chi connectivity index (χ3n) is 3.16. The minimum absolute atomic E-state index is 0.0904. The number of carbonyl (C=O) groups is 2. The third-order valence-corrected chi connectivity index (χ3v) is 3.16. The Morgan fingerprint density at radius 1 is 1.44 bits per heavy atom. The molecule has 1 aliphatic rings. The van der Waals surface area contributed by atoms with Gasteiger partial charge in [-0.15, -0.1) is 0 Å². The number of amides is 1. The van der Waals surface area contributed by atoms with Crippen molar-refractivity contribution in [2.24, 2.45) is 11.7 Å². The molecule has 0 aromatic carbocycles. The van der Waals surface area contributed by atoms with Crippen LogP contribution in [0.4, 0.5) is 0 Å². The van der Waals surface area contributed by atoms with Crippen molar-refractivity contribution in [3.63, 3.8) is 0 Å². The molecule has 96 valence electrons. The van der Waals surface area contributed by atoms with Gasteiger partial charge in [-0.3, -0.25) is 19.5 Å². The van der Waals surface area contributed by atoms with E-state index < -0.39 is 17.8 Å². The zero-order chi connectivity index (χ0) is 13.1. The number of primary amides is 1. The fraction of sp³-hybridized carbons (Fsp3) is 0.417. The number of carbonyl (C=O) groups excluding carboxylic acids is 1. The monoisotopic (exact) mass is 249 g/mol. The molecule has 0 unspecified atom stereocenters. The molecule has 1 aromatic rings. The summed E-state index contributed by atoms with van der Waals surface area (Å²) in [4.78, 5) is 28.1. The van der Waals surface area contributed by atoms with Crippen LogP contribution in [0.2, 0.25) is 0 Å². The normalized spacial score (nSPS) is 24.0. The lowest BCUT2D eigenvalue weighted by Gasteiger charge is -2.13. The molecule has 1 fully saturated rings. The number of carboxylic acids is 1. The lowest BCUT2D eigenvalue weighted by Crippen LogP contribution is -2.32. The predicted molar refractivity (Wildman–Crippen MR) is 63.7 cm³/mol. The van der Waals surface area contributed by atoms with E-state index in [2.05, 4.69) is 4.98 Å². The van der Waals surface area contributed by atoms with Gasteiger partial charge in [0.1, 0.15) is 0 Å². The maximum atomic E-state index is 11.2. The van der Waals surface area contributed by atoms with Crippen LogP contribution in [0.5, 0.6) is 0 Å². The second-order valence-electron chi connectivity index (χ2n) is 4.47. The molecular formula is C12H15N3O3. The number of hydrogen-bond acceptors (Lipinski definition) is 4. The average molecular weight is 249 g/mol. The number of rotatable bonds is 4. The van der Waals surface area contributed by atoms with Crippen LogP contribution in [0, 0.1) is 5.92 Å². The van der Waals surface area contributed by atoms with Gasteiger partial charge in [0, 0.05) is 30.9 Å². The first-order chi connectivity index (χ1) is 8.58. The molecule has 2 heterocycles. The number of pyridine rings is 1.